The van der Waals surface area contributed by atoms with E-state index in [-0.39, 0.29) is 0 Å². The first-order valence-corrected chi connectivity index (χ1v) is 4.95. The molecular weight excluding hydrogens is 146 g/mol. The summed E-state index contributed by atoms with van der Waals surface area (Å²) in [7, 11) is 0. The number of nitrogens with zero attached hydrogens (tertiary/aromatic N) is 1. The van der Waals surface area contributed by atoms with Gasteiger partial charge in [-0.1, -0.05) is 13.0 Å². The lowest BCUT2D eigenvalue weighted by Crippen LogP contribution is -2.03. The molecular formula is C11H19N. The van der Waals surface area contributed by atoms with Gasteiger partial charge in [0, 0.05) is 11.8 Å². The normalized spacial score (nSPS) is 23.2. The summed E-state index contributed by atoms with van der Waals surface area (Å²) in [5.74, 6) is 0. The third-order valence-electron chi connectivity index (χ3n) is 2.21. The quantitative estimate of drug-likeness (QED) is 0.528. The predicted molar refractivity (Wildman–Crippen MR) is 54.8 cm³/mol. The number of allylic oxidation sites excluding steroid dienone is 1. The third kappa shape index (κ3) is 2.80. The number of rotatable bonds is 1. The molecule has 0 aromatic carbocycles. The van der Waals surface area contributed by atoms with Crippen LogP contribution in [0.25, 0.3) is 0 Å². The van der Waals surface area contributed by atoms with Crippen molar-refractivity contribution in [2.24, 2.45) is 4.99 Å². The van der Waals surface area contributed by atoms with Gasteiger partial charge < -0.3 is 0 Å². The van der Waals surface area contributed by atoms with E-state index < -0.39 is 0 Å². The molecule has 1 aliphatic carbocycles. The van der Waals surface area contributed by atoms with Crippen LogP contribution in [-0.4, -0.2) is 11.8 Å². The molecule has 12 heavy (non-hydrogen) atoms. The van der Waals surface area contributed by atoms with Gasteiger partial charge in [0.2, 0.25) is 0 Å². The fourth-order valence-electron chi connectivity index (χ4n) is 1.60. The van der Waals surface area contributed by atoms with Gasteiger partial charge in [-0.05, 0) is 45.1 Å². The van der Waals surface area contributed by atoms with Crippen molar-refractivity contribution >= 4 is 5.71 Å². The number of hydrogen-bond acceptors (Lipinski definition) is 1. The van der Waals surface area contributed by atoms with Crippen molar-refractivity contribution in [3.63, 3.8) is 0 Å². The maximum atomic E-state index is 4.59. The summed E-state index contributed by atoms with van der Waals surface area (Å²) in [6.45, 7) is 8.34. The fraction of sp³-hybridized carbons (Fsp3) is 0.727. The van der Waals surface area contributed by atoms with Crippen molar-refractivity contribution in [3.05, 3.63) is 12.2 Å². The van der Waals surface area contributed by atoms with Crippen molar-refractivity contribution in [2.45, 2.75) is 52.0 Å². The van der Waals surface area contributed by atoms with Crippen molar-refractivity contribution in [2.75, 3.05) is 0 Å². The second-order valence-electron chi connectivity index (χ2n) is 3.83. The minimum Gasteiger partial charge on any atom is -0.287 e. The monoisotopic (exact) mass is 165 g/mol. The molecule has 0 atom stereocenters. The lowest BCUT2D eigenvalue weighted by molar-refractivity contribution is 0.724. The van der Waals surface area contributed by atoms with Gasteiger partial charge in [0.15, 0.2) is 0 Å². The minimum absolute atomic E-state index is 0.426. The Balaban J connectivity index is 2.65. The van der Waals surface area contributed by atoms with E-state index in [1.165, 1.54) is 30.5 Å². The van der Waals surface area contributed by atoms with Crippen LogP contribution in [-0.2, 0) is 0 Å². The second kappa shape index (κ2) is 4.44. The molecule has 1 nitrogen and oxygen atoms in total. The molecule has 1 fully saturated rings. The van der Waals surface area contributed by atoms with Crippen LogP contribution in [0.5, 0.6) is 0 Å². The first kappa shape index (κ1) is 9.50. The van der Waals surface area contributed by atoms with Crippen molar-refractivity contribution in [1.82, 2.24) is 0 Å². The maximum Gasteiger partial charge on any atom is 0.0446 e. The van der Waals surface area contributed by atoms with Gasteiger partial charge >= 0.3 is 0 Å². The second-order valence-corrected chi connectivity index (χ2v) is 3.83. The molecule has 0 saturated heterocycles. The topological polar surface area (TPSA) is 12.4 Å². The Morgan fingerprint density at radius 3 is 2.50 bits per heavy atom. The summed E-state index contributed by atoms with van der Waals surface area (Å²) in [5.41, 5.74) is 2.56. The van der Waals surface area contributed by atoms with Gasteiger partial charge in [0.05, 0.1) is 0 Å². The Hall–Kier alpha value is -0.590. The van der Waals surface area contributed by atoms with Crippen molar-refractivity contribution in [1.29, 1.82) is 0 Å². The standard InChI is InChI=1S/C11H19N/c1-9(2)12-11-8-6-4-5-7-10(11)3/h9H,3-8H2,1-2H3/b12-11-. The molecule has 0 heterocycles. The molecule has 0 aromatic heterocycles. The highest BCUT2D eigenvalue weighted by Crippen LogP contribution is 2.19. The Morgan fingerprint density at radius 2 is 1.83 bits per heavy atom. The van der Waals surface area contributed by atoms with Gasteiger partial charge in [-0.3, -0.25) is 4.99 Å². The number of hydrogen-bond donors (Lipinski definition) is 0. The molecule has 1 aliphatic rings. The minimum atomic E-state index is 0.426. The van der Waals surface area contributed by atoms with Crippen LogP contribution in [0.2, 0.25) is 0 Å². The smallest absolute Gasteiger partial charge is 0.0446 e. The fourth-order valence-corrected chi connectivity index (χ4v) is 1.60. The zero-order valence-corrected chi connectivity index (χ0v) is 8.27. The first-order chi connectivity index (χ1) is 5.70. The Morgan fingerprint density at radius 1 is 1.17 bits per heavy atom. The SMILES string of the molecule is C=C1CCCCC/C1=N/C(C)C. The molecule has 0 bridgehead atoms. The highest BCUT2D eigenvalue weighted by atomic mass is 14.8. The maximum absolute atomic E-state index is 4.59. The van der Waals surface area contributed by atoms with Gasteiger partial charge in [-0.2, -0.15) is 0 Å². The van der Waals surface area contributed by atoms with Gasteiger partial charge in [0.25, 0.3) is 0 Å². The Kier molecular flexibility index (Phi) is 3.51. The molecule has 0 unspecified atom stereocenters. The molecule has 0 radical (unpaired) electrons. The Labute approximate surface area is 75.6 Å². The van der Waals surface area contributed by atoms with E-state index in [1.807, 2.05) is 0 Å². The van der Waals surface area contributed by atoms with Crippen LogP contribution < -0.4 is 0 Å². The first-order valence-electron chi connectivity index (χ1n) is 4.95. The van der Waals surface area contributed by atoms with Gasteiger partial charge in [-0.25, -0.2) is 0 Å². The average molecular weight is 165 g/mol. The van der Waals surface area contributed by atoms with Gasteiger partial charge in [-0.15, -0.1) is 0 Å². The van der Waals surface area contributed by atoms with E-state index in [1.54, 1.807) is 0 Å². The van der Waals surface area contributed by atoms with E-state index in [0.717, 1.165) is 12.8 Å². The lowest BCUT2D eigenvalue weighted by Gasteiger charge is -2.06. The van der Waals surface area contributed by atoms with Crippen molar-refractivity contribution < 1.29 is 0 Å². The lowest BCUT2D eigenvalue weighted by atomic mass is 10.1. The molecule has 0 N–H and O–H groups in total. The highest BCUT2D eigenvalue weighted by molar-refractivity contribution is 5.99. The van der Waals surface area contributed by atoms with Crippen LogP contribution in [0.1, 0.15) is 46.0 Å². The summed E-state index contributed by atoms with van der Waals surface area (Å²) < 4.78 is 0. The van der Waals surface area contributed by atoms with E-state index in [2.05, 4.69) is 25.4 Å². The summed E-state index contributed by atoms with van der Waals surface area (Å²) >= 11 is 0. The Bertz CT molecular complexity index is 189. The molecule has 0 aliphatic heterocycles. The van der Waals surface area contributed by atoms with Crippen LogP contribution in [0, 0.1) is 0 Å². The molecule has 0 aromatic rings. The zero-order valence-electron chi connectivity index (χ0n) is 8.27. The summed E-state index contributed by atoms with van der Waals surface area (Å²) in [5, 5.41) is 0. The third-order valence-corrected chi connectivity index (χ3v) is 2.21. The molecule has 1 saturated carbocycles. The highest BCUT2D eigenvalue weighted by Gasteiger charge is 2.09. The van der Waals surface area contributed by atoms with E-state index in [9.17, 15) is 0 Å². The van der Waals surface area contributed by atoms with Gasteiger partial charge in [0.1, 0.15) is 0 Å². The largest absolute Gasteiger partial charge is 0.287 e. The summed E-state index contributed by atoms with van der Waals surface area (Å²) in [6, 6.07) is 0.426. The molecule has 1 heteroatoms. The molecule has 1 rings (SSSR count). The van der Waals surface area contributed by atoms with E-state index in [4.69, 9.17) is 0 Å². The van der Waals surface area contributed by atoms with Crippen molar-refractivity contribution in [3.8, 4) is 0 Å². The molecule has 0 amide bonds. The predicted octanol–water partition coefficient (Wildman–Crippen LogP) is 3.36. The van der Waals surface area contributed by atoms with Crippen LogP contribution >= 0.6 is 0 Å². The van der Waals surface area contributed by atoms with E-state index >= 15 is 0 Å². The molecule has 68 valence electrons. The zero-order chi connectivity index (χ0) is 8.97. The average Bonchev–Trinajstić information content (AvgIpc) is 2.16. The van der Waals surface area contributed by atoms with Crippen LogP contribution in [0.4, 0.5) is 0 Å². The molecule has 0 spiro atoms. The summed E-state index contributed by atoms with van der Waals surface area (Å²) in [4.78, 5) is 4.59. The van der Waals surface area contributed by atoms with Crippen LogP contribution in [0.3, 0.4) is 0 Å². The number of aliphatic imine (C=N–C) groups is 1. The van der Waals surface area contributed by atoms with E-state index in [0.29, 0.717) is 6.04 Å². The summed E-state index contributed by atoms with van der Waals surface area (Å²) in [6.07, 6.45) is 6.25. The van der Waals surface area contributed by atoms with Crippen LogP contribution in [0.15, 0.2) is 17.1 Å².